The molecule has 1 aromatic heterocycles. The lowest BCUT2D eigenvalue weighted by molar-refractivity contribution is -0.0918. The highest BCUT2D eigenvalue weighted by Crippen LogP contribution is 2.32. The van der Waals surface area contributed by atoms with Crippen molar-refractivity contribution < 1.29 is 9.47 Å². The molecular weight excluding hydrogens is 240 g/mol. The van der Waals surface area contributed by atoms with Crippen LogP contribution in [0.2, 0.25) is 0 Å². The molecule has 19 heavy (non-hydrogen) atoms. The number of nitrogens with zero attached hydrogens (tertiary/aromatic N) is 1. The Morgan fingerprint density at radius 3 is 2.89 bits per heavy atom. The molecule has 1 aliphatic heterocycles. The lowest BCUT2D eigenvalue weighted by Gasteiger charge is -2.27. The van der Waals surface area contributed by atoms with Gasteiger partial charge in [0.1, 0.15) is 5.82 Å². The molecule has 2 heterocycles. The van der Waals surface area contributed by atoms with E-state index in [0.717, 1.165) is 25.0 Å². The number of ether oxygens (including phenoxy) is 2. The van der Waals surface area contributed by atoms with Gasteiger partial charge in [0, 0.05) is 6.20 Å². The van der Waals surface area contributed by atoms with E-state index < -0.39 is 0 Å². The average Bonchev–Trinajstić information content (AvgIpc) is 2.42. The Labute approximate surface area is 115 Å². The number of nitrogens with two attached hydrogens (primary N) is 1. The first-order chi connectivity index (χ1) is 9.18. The largest absolute Gasteiger partial charge is 0.383 e. The van der Waals surface area contributed by atoms with E-state index in [-0.39, 0.29) is 6.10 Å². The molecule has 4 heteroatoms. The Hall–Kier alpha value is -1.13. The van der Waals surface area contributed by atoms with Crippen molar-refractivity contribution in [3.63, 3.8) is 0 Å². The van der Waals surface area contributed by atoms with Crippen LogP contribution >= 0.6 is 0 Å². The van der Waals surface area contributed by atoms with Crippen LogP contribution in [0.25, 0.3) is 0 Å². The van der Waals surface area contributed by atoms with Gasteiger partial charge < -0.3 is 15.2 Å². The number of aromatic nitrogens is 1. The highest BCUT2D eigenvalue weighted by Gasteiger charge is 2.22. The second kappa shape index (κ2) is 6.87. The Bertz CT molecular complexity index is 389. The summed E-state index contributed by atoms with van der Waals surface area (Å²) in [4.78, 5) is 4.20. The molecule has 1 fully saturated rings. The Kier molecular flexibility index (Phi) is 5.16. The Morgan fingerprint density at radius 1 is 1.42 bits per heavy atom. The third kappa shape index (κ3) is 3.91. The first kappa shape index (κ1) is 14.3. The fraction of sp³-hybridized carbons (Fsp3) is 0.667. The van der Waals surface area contributed by atoms with E-state index in [0.29, 0.717) is 30.9 Å². The van der Waals surface area contributed by atoms with Gasteiger partial charge in [-0.3, -0.25) is 0 Å². The molecule has 1 aliphatic rings. The topological polar surface area (TPSA) is 57.4 Å². The smallest absolute Gasteiger partial charge is 0.126 e. The molecule has 1 aromatic rings. The highest BCUT2D eigenvalue weighted by molar-refractivity contribution is 5.41. The molecule has 2 rings (SSSR count). The van der Waals surface area contributed by atoms with Crippen molar-refractivity contribution in [1.82, 2.24) is 4.98 Å². The van der Waals surface area contributed by atoms with Crippen molar-refractivity contribution in [3.05, 3.63) is 23.9 Å². The summed E-state index contributed by atoms with van der Waals surface area (Å²) in [5.74, 6) is 1.62. The van der Waals surface area contributed by atoms with E-state index in [9.17, 15) is 0 Å². The van der Waals surface area contributed by atoms with Crippen molar-refractivity contribution >= 4 is 5.82 Å². The lowest BCUT2D eigenvalue weighted by Crippen LogP contribution is -2.29. The minimum atomic E-state index is 0.230. The van der Waals surface area contributed by atoms with E-state index in [1.165, 1.54) is 0 Å². The molecule has 0 radical (unpaired) electrons. The van der Waals surface area contributed by atoms with Crippen molar-refractivity contribution in [2.75, 3.05) is 25.6 Å². The summed E-state index contributed by atoms with van der Waals surface area (Å²) in [5, 5.41) is 0. The summed E-state index contributed by atoms with van der Waals surface area (Å²) in [5.41, 5.74) is 7.16. The molecule has 0 bridgehead atoms. The second-order valence-corrected chi connectivity index (χ2v) is 5.47. The van der Waals surface area contributed by atoms with Crippen LogP contribution in [0, 0.1) is 5.92 Å². The first-order valence-electron chi connectivity index (χ1n) is 7.08. The van der Waals surface area contributed by atoms with Gasteiger partial charge in [0.15, 0.2) is 0 Å². The van der Waals surface area contributed by atoms with Crippen LogP contribution in [-0.2, 0) is 9.47 Å². The van der Waals surface area contributed by atoms with Crippen LogP contribution in [0.15, 0.2) is 18.3 Å². The molecule has 106 valence electrons. The molecule has 2 atom stereocenters. The van der Waals surface area contributed by atoms with Gasteiger partial charge in [0.2, 0.25) is 0 Å². The fourth-order valence-electron chi connectivity index (χ4n) is 2.66. The minimum Gasteiger partial charge on any atom is -0.383 e. The van der Waals surface area contributed by atoms with E-state index in [2.05, 4.69) is 24.9 Å². The monoisotopic (exact) mass is 264 g/mol. The predicted molar refractivity (Wildman–Crippen MR) is 76.0 cm³/mol. The maximum Gasteiger partial charge on any atom is 0.126 e. The molecule has 0 aliphatic carbocycles. The van der Waals surface area contributed by atoms with Gasteiger partial charge >= 0.3 is 0 Å². The molecule has 1 saturated heterocycles. The first-order valence-corrected chi connectivity index (χ1v) is 7.08. The highest BCUT2D eigenvalue weighted by atomic mass is 16.6. The van der Waals surface area contributed by atoms with Crippen LogP contribution in [0.3, 0.4) is 0 Å². The van der Waals surface area contributed by atoms with Crippen LogP contribution in [-0.4, -0.2) is 30.9 Å². The normalized spacial score (nSPS) is 21.5. The number of pyridine rings is 1. The zero-order valence-corrected chi connectivity index (χ0v) is 11.8. The van der Waals surface area contributed by atoms with Gasteiger partial charge in [0.25, 0.3) is 0 Å². The van der Waals surface area contributed by atoms with Gasteiger partial charge in [-0.25, -0.2) is 4.98 Å². The van der Waals surface area contributed by atoms with Gasteiger partial charge in [0.05, 0.1) is 25.9 Å². The third-order valence-corrected chi connectivity index (χ3v) is 3.76. The second-order valence-electron chi connectivity index (χ2n) is 5.47. The summed E-state index contributed by atoms with van der Waals surface area (Å²) < 4.78 is 11.1. The molecule has 2 N–H and O–H groups in total. The molecular formula is C15H24N2O2. The maximum absolute atomic E-state index is 6.00. The zero-order valence-electron chi connectivity index (χ0n) is 11.8. The molecule has 0 saturated carbocycles. The zero-order chi connectivity index (χ0) is 13.7. The summed E-state index contributed by atoms with van der Waals surface area (Å²) in [6.07, 6.45) is 4.04. The number of hydrogen-bond acceptors (Lipinski definition) is 4. The Balaban J connectivity index is 1.98. The molecule has 1 unspecified atom stereocenters. The van der Waals surface area contributed by atoms with Crippen LogP contribution in [0.1, 0.15) is 38.2 Å². The molecule has 0 spiro atoms. The van der Waals surface area contributed by atoms with Gasteiger partial charge in [-0.15, -0.1) is 0 Å². The number of rotatable bonds is 5. The SMILES string of the molecule is CC(C)[C@H](CCC1COCCO1)c1cccnc1N. The molecule has 0 amide bonds. The van der Waals surface area contributed by atoms with Gasteiger partial charge in [-0.2, -0.15) is 0 Å². The molecule has 0 aromatic carbocycles. The summed E-state index contributed by atoms with van der Waals surface area (Å²) in [7, 11) is 0. The fourth-order valence-corrected chi connectivity index (χ4v) is 2.66. The van der Waals surface area contributed by atoms with Crippen LogP contribution in [0.4, 0.5) is 5.82 Å². The maximum atomic E-state index is 6.00. The van der Waals surface area contributed by atoms with E-state index in [1.54, 1.807) is 6.20 Å². The van der Waals surface area contributed by atoms with Gasteiger partial charge in [-0.05, 0) is 36.3 Å². The predicted octanol–water partition coefficient (Wildman–Crippen LogP) is 2.60. The summed E-state index contributed by atoms with van der Waals surface area (Å²) in [6.45, 7) is 6.61. The minimum absolute atomic E-state index is 0.230. The standard InChI is InChI=1S/C15H24N2O2/c1-11(2)13(14-4-3-7-17-15(14)16)6-5-12-10-18-8-9-19-12/h3-4,7,11-13H,5-6,8-10H2,1-2H3,(H2,16,17)/t12?,13-/m0/s1. The van der Waals surface area contributed by atoms with E-state index in [1.807, 2.05) is 6.07 Å². The van der Waals surface area contributed by atoms with Crippen LogP contribution in [0.5, 0.6) is 0 Å². The lowest BCUT2D eigenvalue weighted by atomic mass is 9.84. The number of anilines is 1. The van der Waals surface area contributed by atoms with Crippen LogP contribution < -0.4 is 5.73 Å². The van der Waals surface area contributed by atoms with Gasteiger partial charge in [-0.1, -0.05) is 19.9 Å². The Morgan fingerprint density at radius 2 is 2.26 bits per heavy atom. The number of nitrogen functional groups attached to an aromatic ring is 1. The third-order valence-electron chi connectivity index (χ3n) is 3.76. The van der Waals surface area contributed by atoms with Crippen molar-refractivity contribution in [2.24, 2.45) is 5.92 Å². The quantitative estimate of drug-likeness (QED) is 0.888. The summed E-state index contributed by atoms with van der Waals surface area (Å²) >= 11 is 0. The molecule has 4 nitrogen and oxygen atoms in total. The van der Waals surface area contributed by atoms with Crippen molar-refractivity contribution in [3.8, 4) is 0 Å². The van der Waals surface area contributed by atoms with Crippen molar-refractivity contribution in [2.45, 2.75) is 38.7 Å². The summed E-state index contributed by atoms with van der Waals surface area (Å²) in [6, 6.07) is 4.05. The van der Waals surface area contributed by atoms with E-state index in [4.69, 9.17) is 15.2 Å². The average molecular weight is 264 g/mol. The number of hydrogen-bond donors (Lipinski definition) is 1. The van der Waals surface area contributed by atoms with E-state index >= 15 is 0 Å². The van der Waals surface area contributed by atoms with Crippen molar-refractivity contribution in [1.29, 1.82) is 0 Å².